The van der Waals surface area contributed by atoms with Crippen LogP contribution in [0, 0.1) is 5.92 Å². The molecule has 0 aromatic heterocycles. The predicted octanol–water partition coefficient (Wildman–Crippen LogP) is 1.51. The summed E-state index contributed by atoms with van der Waals surface area (Å²) in [4.78, 5) is 0. The van der Waals surface area contributed by atoms with Gasteiger partial charge in [0.15, 0.2) is 0 Å². The molecule has 0 saturated carbocycles. The third-order valence-electron chi connectivity index (χ3n) is 1.41. The van der Waals surface area contributed by atoms with Crippen LogP contribution >= 0.6 is 11.6 Å². The fraction of sp³-hybridized carbons (Fsp3) is 0.667. The molecule has 0 fully saturated rings. The molecule has 0 heterocycles. The molecule has 1 aliphatic rings. The average Bonchev–Trinajstić information content (AvgIpc) is 2.14. The van der Waals surface area contributed by atoms with Crippen molar-refractivity contribution < 1.29 is 5.11 Å². The fourth-order valence-electron chi connectivity index (χ4n) is 0.876. The molecule has 0 spiro atoms. The SMILES string of the molecule is OC[C@H]1CC=C(Cl)C1. The number of allylic oxidation sites excluding steroid dienone is 2. The summed E-state index contributed by atoms with van der Waals surface area (Å²) in [5, 5.41) is 9.50. The van der Waals surface area contributed by atoms with E-state index in [0.29, 0.717) is 5.92 Å². The Labute approximate surface area is 54.0 Å². The van der Waals surface area contributed by atoms with E-state index in [2.05, 4.69) is 0 Å². The number of halogens is 1. The molecule has 0 amide bonds. The highest BCUT2D eigenvalue weighted by atomic mass is 35.5. The van der Waals surface area contributed by atoms with Gasteiger partial charge in [0.1, 0.15) is 0 Å². The summed E-state index contributed by atoms with van der Waals surface area (Å²) in [5.41, 5.74) is 0. The zero-order chi connectivity index (χ0) is 5.98. The minimum Gasteiger partial charge on any atom is -0.396 e. The summed E-state index contributed by atoms with van der Waals surface area (Å²) in [6, 6.07) is 0. The molecule has 0 unspecified atom stereocenters. The van der Waals surface area contributed by atoms with E-state index >= 15 is 0 Å². The van der Waals surface area contributed by atoms with Gasteiger partial charge in [0, 0.05) is 11.6 Å². The van der Waals surface area contributed by atoms with E-state index in [0.717, 1.165) is 17.9 Å². The van der Waals surface area contributed by atoms with Gasteiger partial charge in [-0.3, -0.25) is 0 Å². The highest BCUT2D eigenvalue weighted by Gasteiger charge is 2.13. The van der Waals surface area contributed by atoms with E-state index in [1.165, 1.54) is 0 Å². The summed E-state index contributed by atoms with van der Waals surface area (Å²) >= 11 is 5.64. The van der Waals surface area contributed by atoms with E-state index in [4.69, 9.17) is 16.7 Å². The number of rotatable bonds is 1. The van der Waals surface area contributed by atoms with Crippen molar-refractivity contribution in [1.82, 2.24) is 0 Å². The zero-order valence-electron chi connectivity index (χ0n) is 4.60. The van der Waals surface area contributed by atoms with Crippen molar-refractivity contribution >= 4 is 11.6 Å². The third kappa shape index (κ3) is 1.23. The van der Waals surface area contributed by atoms with Gasteiger partial charge < -0.3 is 5.11 Å². The first kappa shape index (κ1) is 6.12. The predicted molar refractivity (Wildman–Crippen MR) is 33.7 cm³/mol. The van der Waals surface area contributed by atoms with E-state index in [-0.39, 0.29) is 6.61 Å². The molecular formula is C6H9ClO. The van der Waals surface area contributed by atoms with Crippen LogP contribution in [0.1, 0.15) is 12.8 Å². The second kappa shape index (κ2) is 2.51. The van der Waals surface area contributed by atoms with Crippen molar-refractivity contribution in [2.75, 3.05) is 6.61 Å². The Kier molecular flexibility index (Phi) is 1.92. The lowest BCUT2D eigenvalue weighted by molar-refractivity contribution is 0.233. The van der Waals surface area contributed by atoms with E-state index in [9.17, 15) is 0 Å². The minimum absolute atomic E-state index is 0.271. The zero-order valence-corrected chi connectivity index (χ0v) is 5.36. The first-order chi connectivity index (χ1) is 3.83. The molecule has 1 atom stereocenters. The van der Waals surface area contributed by atoms with Gasteiger partial charge in [0.05, 0.1) is 0 Å². The minimum atomic E-state index is 0.271. The Balaban J connectivity index is 2.32. The molecule has 0 bridgehead atoms. The summed E-state index contributed by atoms with van der Waals surface area (Å²) < 4.78 is 0. The molecule has 0 aliphatic heterocycles. The van der Waals surface area contributed by atoms with Gasteiger partial charge in [0.25, 0.3) is 0 Å². The van der Waals surface area contributed by atoms with Gasteiger partial charge in [-0.15, -0.1) is 0 Å². The maximum absolute atomic E-state index is 8.59. The van der Waals surface area contributed by atoms with Crippen molar-refractivity contribution in [2.24, 2.45) is 5.92 Å². The fourth-order valence-corrected chi connectivity index (χ4v) is 1.18. The Hall–Kier alpha value is -0.0100. The van der Waals surface area contributed by atoms with Gasteiger partial charge in [0.2, 0.25) is 0 Å². The van der Waals surface area contributed by atoms with Crippen LogP contribution in [0.25, 0.3) is 0 Å². The number of aliphatic hydroxyl groups is 1. The molecule has 0 aromatic rings. The highest BCUT2D eigenvalue weighted by molar-refractivity contribution is 6.29. The van der Waals surface area contributed by atoms with Crippen LogP contribution in [0.4, 0.5) is 0 Å². The molecule has 46 valence electrons. The van der Waals surface area contributed by atoms with Crippen LogP contribution in [0.2, 0.25) is 0 Å². The molecule has 2 heteroatoms. The maximum atomic E-state index is 8.59. The molecule has 1 nitrogen and oxygen atoms in total. The van der Waals surface area contributed by atoms with Gasteiger partial charge in [-0.05, 0) is 18.8 Å². The Morgan fingerprint density at radius 2 is 2.62 bits per heavy atom. The maximum Gasteiger partial charge on any atom is 0.0465 e. The van der Waals surface area contributed by atoms with Crippen LogP contribution < -0.4 is 0 Å². The van der Waals surface area contributed by atoms with Crippen molar-refractivity contribution in [3.63, 3.8) is 0 Å². The number of hydrogen-bond donors (Lipinski definition) is 1. The first-order valence-electron chi connectivity index (χ1n) is 2.78. The quantitative estimate of drug-likeness (QED) is 0.574. The highest BCUT2D eigenvalue weighted by Crippen LogP contribution is 2.26. The average molecular weight is 133 g/mol. The van der Waals surface area contributed by atoms with Gasteiger partial charge in [-0.1, -0.05) is 17.7 Å². The topological polar surface area (TPSA) is 20.2 Å². The largest absolute Gasteiger partial charge is 0.396 e. The van der Waals surface area contributed by atoms with Crippen molar-refractivity contribution in [3.8, 4) is 0 Å². The first-order valence-corrected chi connectivity index (χ1v) is 3.16. The van der Waals surface area contributed by atoms with Gasteiger partial charge in [-0.2, -0.15) is 0 Å². The molecule has 0 saturated heterocycles. The summed E-state index contributed by atoms with van der Waals surface area (Å²) in [5.74, 6) is 0.405. The van der Waals surface area contributed by atoms with E-state index in [1.54, 1.807) is 0 Å². The van der Waals surface area contributed by atoms with Crippen LogP contribution in [0.3, 0.4) is 0 Å². The van der Waals surface area contributed by atoms with Crippen molar-refractivity contribution in [2.45, 2.75) is 12.8 Å². The van der Waals surface area contributed by atoms with Crippen LogP contribution in [-0.2, 0) is 0 Å². The lowest BCUT2D eigenvalue weighted by Gasteiger charge is -2.00. The normalized spacial score (nSPS) is 28.2. The van der Waals surface area contributed by atoms with Crippen LogP contribution in [0.5, 0.6) is 0 Å². The summed E-state index contributed by atoms with van der Waals surface area (Å²) in [7, 11) is 0. The Morgan fingerprint density at radius 1 is 1.88 bits per heavy atom. The molecule has 0 radical (unpaired) electrons. The van der Waals surface area contributed by atoms with Gasteiger partial charge >= 0.3 is 0 Å². The standard InChI is InChI=1S/C6H9ClO/c7-6-2-1-5(3-6)4-8/h2,5,8H,1,3-4H2/t5-/m0/s1. The monoisotopic (exact) mass is 132 g/mol. The van der Waals surface area contributed by atoms with Crippen LogP contribution in [0.15, 0.2) is 11.1 Å². The van der Waals surface area contributed by atoms with Crippen molar-refractivity contribution in [1.29, 1.82) is 0 Å². The second-order valence-corrected chi connectivity index (χ2v) is 2.62. The molecule has 8 heavy (non-hydrogen) atoms. The molecule has 1 N–H and O–H groups in total. The smallest absolute Gasteiger partial charge is 0.0465 e. The van der Waals surface area contributed by atoms with Crippen molar-refractivity contribution in [3.05, 3.63) is 11.1 Å². The number of aliphatic hydroxyl groups excluding tert-OH is 1. The number of hydrogen-bond acceptors (Lipinski definition) is 1. The molecule has 1 aliphatic carbocycles. The third-order valence-corrected chi connectivity index (χ3v) is 1.72. The summed E-state index contributed by atoms with van der Waals surface area (Å²) in [6.45, 7) is 0.271. The molecule has 1 rings (SSSR count). The van der Waals surface area contributed by atoms with Gasteiger partial charge in [-0.25, -0.2) is 0 Å². The van der Waals surface area contributed by atoms with E-state index < -0.39 is 0 Å². The summed E-state index contributed by atoms with van der Waals surface area (Å²) in [6.07, 6.45) is 3.80. The van der Waals surface area contributed by atoms with Crippen LogP contribution in [-0.4, -0.2) is 11.7 Å². The lowest BCUT2D eigenvalue weighted by Crippen LogP contribution is -1.98. The lowest BCUT2D eigenvalue weighted by atomic mass is 10.1. The second-order valence-electron chi connectivity index (χ2n) is 2.14. The molecule has 0 aromatic carbocycles. The van der Waals surface area contributed by atoms with E-state index in [1.807, 2.05) is 6.08 Å². The Morgan fingerprint density at radius 3 is 2.88 bits per heavy atom. The Bertz CT molecular complexity index is 109. The molecular weight excluding hydrogens is 124 g/mol.